The number of hydrogen-bond acceptors (Lipinski definition) is 6. The van der Waals surface area contributed by atoms with Crippen molar-refractivity contribution in [3.05, 3.63) is 96.9 Å². The number of aromatic nitrogens is 2. The van der Waals surface area contributed by atoms with Gasteiger partial charge in [-0.2, -0.15) is 0 Å². The standard InChI is InChI=1S/C21H17N3O3S/c1-13-17(20(26)27-2)18(15-8-4-3-5-9-15)24-19(25)16(28-21(24)23-13)11-14-7-6-10-22-12-14/h3-12,18H,1-2H3/b16-11+/t18-/m0/s1. The van der Waals surface area contributed by atoms with Crippen LogP contribution in [0.3, 0.4) is 0 Å². The number of carbonyl (C=O) groups excluding carboxylic acids is 1. The van der Waals surface area contributed by atoms with Crippen molar-refractivity contribution in [3.63, 3.8) is 0 Å². The van der Waals surface area contributed by atoms with Crippen molar-refractivity contribution in [1.82, 2.24) is 9.55 Å². The van der Waals surface area contributed by atoms with Crippen LogP contribution in [0.4, 0.5) is 0 Å². The monoisotopic (exact) mass is 391 g/mol. The lowest BCUT2D eigenvalue weighted by Crippen LogP contribution is -2.39. The number of pyridine rings is 1. The molecule has 0 saturated carbocycles. The minimum atomic E-state index is -0.582. The average molecular weight is 391 g/mol. The van der Waals surface area contributed by atoms with Crippen LogP contribution in [-0.4, -0.2) is 22.6 Å². The van der Waals surface area contributed by atoms with E-state index in [1.54, 1.807) is 30.0 Å². The molecule has 2 aromatic heterocycles. The number of rotatable bonds is 3. The zero-order valence-corrected chi connectivity index (χ0v) is 16.1. The summed E-state index contributed by atoms with van der Waals surface area (Å²) < 4.78 is 7.09. The number of carbonyl (C=O) groups is 1. The van der Waals surface area contributed by atoms with E-state index in [2.05, 4.69) is 9.98 Å². The number of thiazole rings is 1. The molecule has 0 amide bonds. The Morgan fingerprint density at radius 3 is 2.68 bits per heavy atom. The second kappa shape index (κ2) is 7.36. The van der Waals surface area contributed by atoms with E-state index in [0.717, 1.165) is 11.1 Å². The lowest BCUT2D eigenvalue weighted by molar-refractivity contribution is -0.136. The zero-order valence-electron chi connectivity index (χ0n) is 15.3. The second-order valence-electron chi connectivity index (χ2n) is 6.27. The second-order valence-corrected chi connectivity index (χ2v) is 7.28. The van der Waals surface area contributed by atoms with Gasteiger partial charge in [-0.3, -0.25) is 14.3 Å². The lowest BCUT2D eigenvalue weighted by Gasteiger charge is -2.24. The van der Waals surface area contributed by atoms with Crippen LogP contribution in [0.1, 0.15) is 24.1 Å². The van der Waals surface area contributed by atoms with Crippen molar-refractivity contribution < 1.29 is 9.53 Å². The molecule has 1 aliphatic heterocycles. The number of fused-ring (bicyclic) bond motifs is 1. The Labute approximate surface area is 164 Å². The van der Waals surface area contributed by atoms with Crippen molar-refractivity contribution >= 4 is 23.4 Å². The SMILES string of the molecule is COC(=O)C1=C(C)N=c2s/c(=C/c3cccnc3)c(=O)n2[C@H]1c1ccccc1. The van der Waals surface area contributed by atoms with Gasteiger partial charge in [0.15, 0.2) is 4.80 Å². The molecule has 7 heteroatoms. The van der Waals surface area contributed by atoms with Crippen LogP contribution in [0.25, 0.3) is 6.08 Å². The Morgan fingerprint density at radius 2 is 2.00 bits per heavy atom. The van der Waals surface area contributed by atoms with Crippen molar-refractivity contribution in [2.75, 3.05) is 7.11 Å². The number of methoxy groups -OCH3 is 1. The number of allylic oxidation sites excluding steroid dienone is 1. The maximum atomic E-state index is 13.3. The van der Waals surface area contributed by atoms with Gasteiger partial charge in [0.25, 0.3) is 5.56 Å². The van der Waals surface area contributed by atoms with E-state index in [0.29, 0.717) is 20.6 Å². The molecule has 4 rings (SSSR count). The molecule has 0 aliphatic carbocycles. The van der Waals surface area contributed by atoms with E-state index in [1.165, 1.54) is 18.4 Å². The summed E-state index contributed by atoms with van der Waals surface area (Å²) in [7, 11) is 1.33. The molecule has 28 heavy (non-hydrogen) atoms. The predicted octanol–water partition coefficient (Wildman–Crippen LogP) is 1.80. The van der Waals surface area contributed by atoms with Crippen LogP contribution in [0.5, 0.6) is 0 Å². The molecular formula is C21H17N3O3S. The number of hydrogen-bond donors (Lipinski definition) is 0. The Kier molecular flexibility index (Phi) is 4.75. The van der Waals surface area contributed by atoms with Gasteiger partial charge in [0, 0.05) is 12.4 Å². The molecule has 0 bridgehead atoms. The first-order chi connectivity index (χ1) is 13.6. The van der Waals surface area contributed by atoms with Crippen LogP contribution in [0.2, 0.25) is 0 Å². The molecule has 1 aromatic carbocycles. The first-order valence-electron chi connectivity index (χ1n) is 8.66. The molecule has 140 valence electrons. The highest BCUT2D eigenvalue weighted by Crippen LogP contribution is 2.30. The topological polar surface area (TPSA) is 73.6 Å². The van der Waals surface area contributed by atoms with E-state index >= 15 is 0 Å². The Bertz CT molecular complexity index is 1240. The molecule has 6 nitrogen and oxygen atoms in total. The summed E-state index contributed by atoms with van der Waals surface area (Å²) in [6.07, 6.45) is 5.16. The molecule has 3 heterocycles. The van der Waals surface area contributed by atoms with E-state index < -0.39 is 12.0 Å². The van der Waals surface area contributed by atoms with E-state index in [1.807, 2.05) is 42.5 Å². The smallest absolute Gasteiger partial charge is 0.338 e. The van der Waals surface area contributed by atoms with Gasteiger partial charge in [-0.1, -0.05) is 47.7 Å². The van der Waals surface area contributed by atoms with Gasteiger partial charge >= 0.3 is 5.97 Å². The van der Waals surface area contributed by atoms with Gasteiger partial charge in [-0.25, -0.2) is 9.79 Å². The predicted molar refractivity (Wildman–Crippen MR) is 106 cm³/mol. The maximum absolute atomic E-state index is 13.3. The first kappa shape index (κ1) is 18.1. The molecule has 1 atom stereocenters. The fourth-order valence-corrected chi connectivity index (χ4v) is 4.30. The number of nitrogens with zero attached hydrogens (tertiary/aromatic N) is 3. The van der Waals surface area contributed by atoms with Crippen molar-refractivity contribution in [2.24, 2.45) is 4.99 Å². The summed E-state index contributed by atoms with van der Waals surface area (Å²) in [5.41, 5.74) is 2.37. The number of ether oxygens (including phenoxy) is 1. The molecule has 0 fully saturated rings. The van der Waals surface area contributed by atoms with Crippen LogP contribution in [0, 0.1) is 0 Å². The number of benzene rings is 1. The van der Waals surface area contributed by atoms with Crippen molar-refractivity contribution in [1.29, 1.82) is 0 Å². The van der Waals surface area contributed by atoms with Gasteiger partial charge in [0.1, 0.15) is 0 Å². The van der Waals surface area contributed by atoms with E-state index in [4.69, 9.17) is 4.74 Å². The third kappa shape index (κ3) is 3.10. The van der Waals surface area contributed by atoms with Crippen LogP contribution in [-0.2, 0) is 9.53 Å². The molecule has 3 aromatic rings. The normalized spacial score (nSPS) is 16.5. The van der Waals surface area contributed by atoms with Gasteiger partial charge in [0.05, 0.1) is 29.0 Å². The molecule has 1 aliphatic rings. The first-order valence-corrected chi connectivity index (χ1v) is 9.47. The quantitative estimate of drug-likeness (QED) is 0.638. The van der Waals surface area contributed by atoms with E-state index in [-0.39, 0.29) is 5.56 Å². The molecule has 0 N–H and O–H groups in total. The number of esters is 1. The third-order valence-electron chi connectivity index (χ3n) is 4.52. The summed E-state index contributed by atoms with van der Waals surface area (Å²) in [6.45, 7) is 1.76. The highest BCUT2D eigenvalue weighted by atomic mass is 32.1. The highest BCUT2D eigenvalue weighted by Gasteiger charge is 2.32. The lowest BCUT2D eigenvalue weighted by atomic mass is 9.96. The van der Waals surface area contributed by atoms with Crippen molar-refractivity contribution in [2.45, 2.75) is 13.0 Å². The van der Waals surface area contributed by atoms with Gasteiger partial charge in [0.2, 0.25) is 0 Å². The van der Waals surface area contributed by atoms with Gasteiger partial charge in [-0.15, -0.1) is 0 Å². The fourth-order valence-electron chi connectivity index (χ4n) is 3.26. The molecule has 0 saturated heterocycles. The van der Waals surface area contributed by atoms with Crippen LogP contribution >= 0.6 is 11.3 Å². The van der Waals surface area contributed by atoms with Crippen LogP contribution in [0.15, 0.2) is 75.9 Å². The molecule has 0 unspecified atom stereocenters. The van der Waals surface area contributed by atoms with Crippen molar-refractivity contribution in [3.8, 4) is 0 Å². The van der Waals surface area contributed by atoms with Gasteiger partial charge in [-0.05, 0) is 30.2 Å². The maximum Gasteiger partial charge on any atom is 0.338 e. The Balaban J connectivity index is 1.99. The fraction of sp³-hybridized carbons (Fsp3) is 0.143. The average Bonchev–Trinajstić information content (AvgIpc) is 3.02. The summed E-state index contributed by atoms with van der Waals surface area (Å²) >= 11 is 1.29. The third-order valence-corrected chi connectivity index (χ3v) is 5.51. The summed E-state index contributed by atoms with van der Waals surface area (Å²) in [5.74, 6) is -0.489. The Hall–Kier alpha value is -3.32. The summed E-state index contributed by atoms with van der Waals surface area (Å²) in [6, 6.07) is 12.6. The van der Waals surface area contributed by atoms with Gasteiger partial charge < -0.3 is 4.74 Å². The Morgan fingerprint density at radius 1 is 1.21 bits per heavy atom. The van der Waals surface area contributed by atoms with E-state index in [9.17, 15) is 9.59 Å². The molecular weight excluding hydrogens is 374 g/mol. The largest absolute Gasteiger partial charge is 0.466 e. The summed E-state index contributed by atoms with van der Waals surface area (Å²) in [5, 5.41) is 0. The molecule has 0 radical (unpaired) electrons. The van der Waals surface area contributed by atoms with Crippen LogP contribution < -0.4 is 14.9 Å². The zero-order chi connectivity index (χ0) is 19.7. The summed E-state index contributed by atoms with van der Waals surface area (Å²) in [4.78, 5) is 34.9. The minimum absolute atomic E-state index is 0.199. The molecule has 0 spiro atoms. The minimum Gasteiger partial charge on any atom is -0.466 e. The highest BCUT2D eigenvalue weighted by molar-refractivity contribution is 7.07.